The largest absolute Gasteiger partial charge is 0.314 e. The SMILES string of the molecule is CCCNC(C)CC(C)c1csc(C)c1. The number of thiophene rings is 1. The van der Waals surface area contributed by atoms with Gasteiger partial charge in [0.15, 0.2) is 0 Å². The Hall–Kier alpha value is -0.340. The molecular weight excluding hydrogens is 202 g/mol. The molecule has 0 fully saturated rings. The van der Waals surface area contributed by atoms with Gasteiger partial charge < -0.3 is 5.32 Å². The standard InChI is InChI=1S/C13H23NS/c1-5-6-14-11(3)7-10(2)13-8-12(4)15-9-13/h8-11,14H,5-7H2,1-4H3. The summed E-state index contributed by atoms with van der Waals surface area (Å²) >= 11 is 1.86. The van der Waals surface area contributed by atoms with Crippen LogP contribution in [0.3, 0.4) is 0 Å². The minimum absolute atomic E-state index is 0.625. The van der Waals surface area contributed by atoms with Gasteiger partial charge in [0.1, 0.15) is 0 Å². The second-order valence-electron chi connectivity index (χ2n) is 4.48. The van der Waals surface area contributed by atoms with Crippen molar-refractivity contribution in [2.75, 3.05) is 6.54 Å². The van der Waals surface area contributed by atoms with Gasteiger partial charge in [0.2, 0.25) is 0 Å². The molecule has 2 unspecified atom stereocenters. The van der Waals surface area contributed by atoms with E-state index in [2.05, 4.69) is 44.5 Å². The fraction of sp³-hybridized carbons (Fsp3) is 0.692. The van der Waals surface area contributed by atoms with E-state index in [1.165, 1.54) is 23.3 Å². The Kier molecular flexibility index (Phi) is 5.34. The molecule has 0 aliphatic rings. The lowest BCUT2D eigenvalue weighted by molar-refractivity contribution is 0.479. The van der Waals surface area contributed by atoms with Crippen LogP contribution in [-0.4, -0.2) is 12.6 Å². The van der Waals surface area contributed by atoms with Crippen molar-refractivity contribution >= 4 is 11.3 Å². The second kappa shape index (κ2) is 6.29. The van der Waals surface area contributed by atoms with Crippen LogP contribution in [0.25, 0.3) is 0 Å². The number of hydrogen-bond donors (Lipinski definition) is 1. The number of nitrogens with one attached hydrogen (secondary N) is 1. The Morgan fingerprint density at radius 3 is 2.67 bits per heavy atom. The van der Waals surface area contributed by atoms with Crippen molar-refractivity contribution in [1.82, 2.24) is 5.32 Å². The summed E-state index contributed by atoms with van der Waals surface area (Å²) in [4.78, 5) is 1.42. The molecular formula is C13H23NS. The molecule has 1 aromatic rings. The third-order valence-electron chi connectivity index (χ3n) is 2.77. The van der Waals surface area contributed by atoms with Gasteiger partial charge in [0.25, 0.3) is 0 Å². The van der Waals surface area contributed by atoms with E-state index in [-0.39, 0.29) is 0 Å². The van der Waals surface area contributed by atoms with Gasteiger partial charge in [-0.25, -0.2) is 0 Å². The third-order valence-corrected chi connectivity index (χ3v) is 3.65. The molecule has 1 rings (SSSR count). The van der Waals surface area contributed by atoms with Crippen molar-refractivity contribution in [3.63, 3.8) is 0 Å². The van der Waals surface area contributed by atoms with Crippen LogP contribution in [0.1, 0.15) is 50.0 Å². The average molecular weight is 225 g/mol. The molecule has 0 saturated heterocycles. The van der Waals surface area contributed by atoms with E-state index in [1.54, 1.807) is 0 Å². The molecule has 1 aromatic heterocycles. The van der Waals surface area contributed by atoms with Crippen LogP contribution in [0.15, 0.2) is 11.4 Å². The molecule has 1 heterocycles. The summed E-state index contributed by atoms with van der Waals surface area (Å²) in [7, 11) is 0. The van der Waals surface area contributed by atoms with Gasteiger partial charge in [-0.15, -0.1) is 11.3 Å². The van der Waals surface area contributed by atoms with Crippen molar-refractivity contribution in [3.8, 4) is 0 Å². The molecule has 15 heavy (non-hydrogen) atoms. The highest BCUT2D eigenvalue weighted by Gasteiger charge is 2.11. The van der Waals surface area contributed by atoms with Gasteiger partial charge in [0, 0.05) is 10.9 Å². The van der Waals surface area contributed by atoms with Crippen LogP contribution in [-0.2, 0) is 0 Å². The Morgan fingerprint density at radius 1 is 1.40 bits per heavy atom. The first-order valence-corrected chi connectivity index (χ1v) is 6.79. The molecule has 0 amide bonds. The van der Waals surface area contributed by atoms with Crippen LogP contribution in [0.4, 0.5) is 0 Å². The molecule has 0 saturated carbocycles. The summed E-state index contributed by atoms with van der Waals surface area (Å²) in [5.74, 6) is 0.675. The van der Waals surface area contributed by atoms with E-state index >= 15 is 0 Å². The van der Waals surface area contributed by atoms with Gasteiger partial charge >= 0.3 is 0 Å². The lowest BCUT2D eigenvalue weighted by Crippen LogP contribution is -2.27. The topological polar surface area (TPSA) is 12.0 Å². The monoisotopic (exact) mass is 225 g/mol. The van der Waals surface area contributed by atoms with E-state index in [4.69, 9.17) is 0 Å². The van der Waals surface area contributed by atoms with E-state index in [0.717, 1.165) is 6.54 Å². The number of hydrogen-bond acceptors (Lipinski definition) is 2. The summed E-state index contributed by atoms with van der Waals surface area (Å²) in [6, 6.07) is 2.95. The van der Waals surface area contributed by atoms with Gasteiger partial charge in [0.05, 0.1) is 0 Å². The predicted octanol–water partition coefficient (Wildman–Crippen LogP) is 3.94. The molecule has 1 nitrogen and oxygen atoms in total. The second-order valence-corrected chi connectivity index (χ2v) is 5.60. The van der Waals surface area contributed by atoms with E-state index in [0.29, 0.717) is 12.0 Å². The van der Waals surface area contributed by atoms with Crippen LogP contribution in [0.5, 0.6) is 0 Å². The smallest absolute Gasteiger partial charge is 0.00444 e. The first-order valence-electron chi connectivity index (χ1n) is 5.92. The van der Waals surface area contributed by atoms with Crippen molar-refractivity contribution in [2.24, 2.45) is 0 Å². The van der Waals surface area contributed by atoms with Gasteiger partial charge in [-0.1, -0.05) is 13.8 Å². The molecule has 2 atom stereocenters. The summed E-state index contributed by atoms with van der Waals surface area (Å²) in [6.07, 6.45) is 2.45. The third kappa shape index (κ3) is 4.35. The molecule has 1 N–H and O–H groups in total. The zero-order valence-electron chi connectivity index (χ0n) is 10.3. The highest BCUT2D eigenvalue weighted by Crippen LogP contribution is 2.25. The molecule has 86 valence electrons. The molecule has 2 heteroatoms. The molecule has 0 aliphatic heterocycles. The van der Waals surface area contributed by atoms with E-state index in [1.807, 2.05) is 11.3 Å². The minimum Gasteiger partial charge on any atom is -0.314 e. The van der Waals surface area contributed by atoms with Crippen LogP contribution in [0, 0.1) is 6.92 Å². The molecule has 0 bridgehead atoms. The Balaban J connectivity index is 2.38. The Morgan fingerprint density at radius 2 is 2.13 bits per heavy atom. The van der Waals surface area contributed by atoms with Crippen molar-refractivity contribution in [1.29, 1.82) is 0 Å². The maximum atomic E-state index is 3.54. The van der Waals surface area contributed by atoms with Crippen LogP contribution < -0.4 is 5.32 Å². The maximum Gasteiger partial charge on any atom is 0.00444 e. The normalized spacial score (nSPS) is 15.2. The summed E-state index contributed by atoms with van der Waals surface area (Å²) < 4.78 is 0. The summed E-state index contributed by atoms with van der Waals surface area (Å²) in [5.41, 5.74) is 1.50. The number of rotatable bonds is 6. The predicted molar refractivity (Wildman–Crippen MR) is 69.8 cm³/mol. The Labute approximate surface area is 97.9 Å². The molecule has 0 spiro atoms. The highest BCUT2D eigenvalue weighted by molar-refractivity contribution is 7.10. The molecule has 0 radical (unpaired) electrons. The zero-order chi connectivity index (χ0) is 11.3. The average Bonchev–Trinajstić information content (AvgIpc) is 2.61. The minimum atomic E-state index is 0.625. The van der Waals surface area contributed by atoms with Crippen molar-refractivity contribution in [3.05, 3.63) is 21.9 Å². The van der Waals surface area contributed by atoms with Crippen molar-refractivity contribution < 1.29 is 0 Å². The molecule has 0 aromatic carbocycles. The first kappa shape index (κ1) is 12.7. The van der Waals surface area contributed by atoms with Gasteiger partial charge in [-0.2, -0.15) is 0 Å². The fourth-order valence-electron chi connectivity index (χ4n) is 1.86. The highest BCUT2D eigenvalue weighted by atomic mass is 32.1. The van der Waals surface area contributed by atoms with Gasteiger partial charge in [-0.3, -0.25) is 0 Å². The summed E-state index contributed by atoms with van der Waals surface area (Å²) in [5, 5.41) is 5.84. The summed E-state index contributed by atoms with van der Waals surface area (Å²) in [6.45, 7) is 10.1. The van der Waals surface area contributed by atoms with E-state index < -0.39 is 0 Å². The first-order chi connectivity index (χ1) is 7.13. The quantitative estimate of drug-likeness (QED) is 0.773. The fourth-order valence-corrected chi connectivity index (χ4v) is 2.69. The van der Waals surface area contributed by atoms with Crippen molar-refractivity contribution in [2.45, 2.75) is 52.5 Å². The maximum absolute atomic E-state index is 3.54. The zero-order valence-corrected chi connectivity index (χ0v) is 11.2. The Bertz CT molecular complexity index is 280. The van der Waals surface area contributed by atoms with Crippen LogP contribution in [0.2, 0.25) is 0 Å². The lowest BCUT2D eigenvalue weighted by Gasteiger charge is -2.17. The van der Waals surface area contributed by atoms with Gasteiger partial charge in [-0.05, 0) is 56.2 Å². The lowest BCUT2D eigenvalue weighted by atomic mass is 9.96. The molecule has 0 aliphatic carbocycles. The van der Waals surface area contributed by atoms with Crippen LogP contribution >= 0.6 is 11.3 Å². The number of aryl methyl sites for hydroxylation is 1. The van der Waals surface area contributed by atoms with E-state index in [9.17, 15) is 0 Å².